The van der Waals surface area contributed by atoms with E-state index in [1.54, 1.807) is 0 Å². The first-order valence-corrected chi connectivity index (χ1v) is 21.4. The lowest BCUT2D eigenvalue weighted by atomic mass is 9.97. The van der Waals surface area contributed by atoms with Crippen LogP contribution in [0.25, 0.3) is 116 Å². The van der Waals surface area contributed by atoms with E-state index < -0.39 is 0 Å². The van der Waals surface area contributed by atoms with Crippen LogP contribution >= 0.6 is 0 Å². The molecule has 8 aromatic carbocycles. The summed E-state index contributed by atoms with van der Waals surface area (Å²) in [5.74, 6) is 0.831. The smallest absolute Gasteiger partial charge is 0.162 e. The number of pyridine rings is 2. The highest BCUT2D eigenvalue weighted by atomic mass is 15.1. The molecule has 5 nitrogen and oxygen atoms in total. The normalized spacial score (nSPS) is 11.8. The van der Waals surface area contributed by atoms with Crippen molar-refractivity contribution < 1.29 is 0 Å². The zero-order valence-electron chi connectivity index (χ0n) is 34.1. The van der Waals surface area contributed by atoms with Crippen molar-refractivity contribution in [2.45, 2.75) is 0 Å². The average molecular weight is 804 g/mol. The molecule has 5 aromatic heterocycles. The molecule has 0 radical (unpaired) electrons. The third-order valence-corrected chi connectivity index (χ3v) is 12.7. The summed E-state index contributed by atoms with van der Waals surface area (Å²) in [5.41, 5.74) is 14.5. The Morgan fingerprint density at radius 1 is 0.302 bits per heavy atom. The molecule has 13 rings (SSSR count). The Kier molecular flexibility index (Phi) is 7.84. The highest BCUT2D eigenvalue weighted by Gasteiger charge is 2.28. The van der Waals surface area contributed by atoms with Gasteiger partial charge < -0.3 is 9.13 Å². The summed E-state index contributed by atoms with van der Waals surface area (Å²) < 4.78 is 7.26. The largest absolute Gasteiger partial charge is 0.307 e. The molecule has 0 aliphatic heterocycles. The molecule has 0 fully saturated rings. The number of hydrogen-bond acceptors (Lipinski definition) is 2. The van der Waals surface area contributed by atoms with E-state index in [2.05, 4.69) is 238 Å². The number of fused-ring (bicyclic) bond motifs is 9. The predicted octanol–water partition coefficient (Wildman–Crippen LogP) is 14.8. The van der Waals surface area contributed by atoms with Crippen LogP contribution in [0.5, 0.6) is 0 Å². The molecule has 0 amide bonds. The Morgan fingerprint density at radius 3 is 1.03 bits per heavy atom. The quantitative estimate of drug-likeness (QED) is 0.168. The minimum Gasteiger partial charge on any atom is -0.307 e. The topological polar surface area (TPSA) is 40.6 Å². The molecule has 0 unspecified atom stereocenters. The van der Waals surface area contributed by atoms with Crippen molar-refractivity contribution in [2.24, 2.45) is 0 Å². The summed E-state index contributed by atoms with van der Waals surface area (Å²) in [6.07, 6.45) is 2.11. The molecule has 0 saturated heterocycles. The van der Waals surface area contributed by atoms with Gasteiger partial charge in [0.15, 0.2) is 5.82 Å². The van der Waals surface area contributed by atoms with Crippen LogP contribution in [0.15, 0.2) is 225 Å². The second-order valence-corrected chi connectivity index (χ2v) is 16.2. The molecule has 0 spiro atoms. The Balaban J connectivity index is 1.29. The van der Waals surface area contributed by atoms with E-state index in [1.807, 2.05) is 0 Å². The maximum absolute atomic E-state index is 5.71. The van der Waals surface area contributed by atoms with Crippen molar-refractivity contribution >= 4 is 65.4 Å². The lowest BCUT2D eigenvalue weighted by molar-refractivity contribution is 1.01. The zero-order chi connectivity index (χ0) is 41.4. The van der Waals surface area contributed by atoms with Crippen molar-refractivity contribution in [1.82, 2.24) is 23.7 Å². The first-order chi connectivity index (χ1) is 31.3. The van der Waals surface area contributed by atoms with Crippen LogP contribution in [0.2, 0.25) is 0 Å². The molecule has 294 valence electrons. The van der Waals surface area contributed by atoms with Gasteiger partial charge in [0.1, 0.15) is 0 Å². The van der Waals surface area contributed by atoms with Gasteiger partial charge in [-0.3, -0.25) is 4.57 Å². The molecular formula is C58H37N5. The maximum Gasteiger partial charge on any atom is 0.162 e. The van der Waals surface area contributed by atoms with Gasteiger partial charge >= 0.3 is 0 Å². The second kappa shape index (κ2) is 14.0. The van der Waals surface area contributed by atoms with Crippen LogP contribution in [-0.2, 0) is 0 Å². The van der Waals surface area contributed by atoms with Gasteiger partial charge in [-0.2, -0.15) is 0 Å². The van der Waals surface area contributed by atoms with E-state index in [0.29, 0.717) is 0 Å². The molecule has 0 atom stereocenters. The van der Waals surface area contributed by atoms with Gasteiger partial charge in [0, 0.05) is 49.0 Å². The summed E-state index contributed by atoms with van der Waals surface area (Å²) in [6.45, 7) is 0. The minimum absolute atomic E-state index is 0.831. The van der Waals surface area contributed by atoms with Gasteiger partial charge in [-0.15, -0.1) is 0 Å². The van der Waals surface area contributed by atoms with E-state index in [4.69, 9.17) is 9.97 Å². The van der Waals surface area contributed by atoms with Crippen LogP contribution in [0.3, 0.4) is 0 Å². The zero-order valence-corrected chi connectivity index (χ0v) is 34.1. The monoisotopic (exact) mass is 803 g/mol. The summed E-state index contributed by atoms with van der Waals surface area (Å²) in [7, 11) is 0. The van der Waals surface area contributed by atoms with E-state index in [1.165, 1.54) is 32.3 Å². The molecular weight excluding hydrogens is 767 g/mol. The standard InChI is InChI=1S/C58H37N5/c1-3-19-38(20-4-1)47-35-40(36-48(60-47)39-21-5-2-6-22-39)56-55(61-49-29-13-7-23-41(49)42-24-8-14-30-50(42)61)37-59-58(63-53-33-17-11-27-45(53)46-28-12-18-34-54(46)63)57(56)62-51-31-15-9-25-43(51)44-26-10-16-32-52(44)62/h1-37H. The van der Waals surface area contributed by atoms with Gasteiger partial charge in [-0.1, -0.05) is 170 Å². The number of para-hydroxylation sites is 6. The van der Waals surface area contributed by atoms with E-state index in [9.17, 15) is 0 Å². The van der Waals surface area contributed by atoms with Crippen LogP contribution in [0.1, 0.15) is 0 Å². The van der Waals surface area contributed by atoms with Crippen molar-refractivity contribution in [3.8, 4) is 50.8 Å². The Labute approximate surface area is 363 Å². The molecule has 5 heteroatoms. The molecule has 0 bridgehead atoms. The molecule has 0 N–H and O–H groups in total. The lowest BCUT2D eigenvalue weighted by Crippen LogP contribution is -2.11. The van der Waals surface area contributed by atoms with Crippen LogP contribution in [0, 0.1) is 0 Å². The number of benzene rings is 8. The van der Waals surface area contributed by atoms with Crippen LogP contribution < -0.4 is 0 Å². The Bertz CT molecular complexity index is 3690. The highest BCUT2D eigenvalue weighted by molar-refractivity contribution is 6.14. The fraction of sp³-hybridized carbons (Fsp3) is 0. The van der Waals surface area contributed by atoms with Crippen molar-refractivity contribution in [3.63, 3.8) is 0 Å². The molecule has 0 saturated carbocycles. The third kappa shape index (κ3) is 5.36. The highest BCUT2D eigenvalue weighted by Crippen LogP contribution is 2.46. The molecule has 13 aromatic rings. The molecule has 0 aliphatic rings. The summed E-state index contributed by atoms with van der Waals surface area (Å²) >= 11 is 0. The fourth-order valence-electron chi connectivity index (χ4n) is 10.00. The lowest BCUT2D eigenvalue weighted by Gasteiger charge is -2.24. The molecule has 5 heterocycles. The maximum atomic E-state index is 5.71. The van der Waals surface area contributed by atoms with Gasteiger partial charge in [0.25, 0.3) is 0 Å². The van der Waals surface area contributed by atoms with Gasteiger partial charge in [0.05, 0.1) is 62.1 Å². The second-order valence-electron chi connectivity index (χ2n) is 16.2. The van der Waals surface area contributed by atoms with E-state index in [-0.39, 0.29) is 0 Å². The Hall–Kier alpha value is -8.54. The Morgan fingerprint density at radius 2 is 0.635 bits per heavy atom. The fourth-order valence-corrected chi connectivity index (χ4v) is 10.00. The first kappa shape index (κ1) is 35.2. The van der Waals surface area contributed by atoms with Crippen molar-refractivity contribution in [2.75, 3.05) is 0 Å². The summed E-state index contributed by atoms with van der Waals surface area (Å²) in [5, 5.41) is 7.09. The number of nitrogens with zero attached hydrogens (tertiary/aromatic N) is 5. The van der Waals surface area contributed by atoms with E-state index in [0.717, 1.165) is 83.9 Å². The number of rotatable bonds is 6. The van der Waals surface area contributed by atoms with Crippen LogP contribution in [-0.4, -0.2) is 23.7 Å². The summed E-state index contributed by atoms with van der Waals surface area (Å²) in [6, 6.07) is 78.1. The van der Waals surface area contributed by atoms with Crippen LogP contribution in [0.4, 0.5) is 0 Å². The third-order valence-electron chi connectivity index (χ3n) is 12.7. The predicted molar refractivity (Wildman–Crippen MR) is 261 cm³/mol. The SMILES string of the molecule is c1ccc(-c2cc(-c3c(-n4c5ccccc5c5ccccc54)cnc(-n4c5ccccc5c5ccccc54)c3-n3c4ccccc4c4ccccc43)cc(-c3ccccc3)n2)cc1. The van der Waals surface area contributed by atoms with E-state index >= 15 is 0 Å². The van der Waals surface area contributed by atoms with Crippen molar-refractivity contribution in [1.29, 1.82) is 0 Å². The van der Waals surface area contributed by atoms with Gasteiger partial charge in [-0.05, 0) is 54.1 Å². The average Bonchev–Trinajstić information content (AvgIpc) is 4.00. The van der Waals surface area contributed by atoms with Gasteiger partial charge in [0.2, 0.25) is 0 Å². The number of hydrogen-bond donors (Lipinski definition) is 0. The molecule has 63 heavy (non-hydrogen) atoms. The molecule has 0 aliphatic carbocycles. The van der Waals surface area contributed by atoms with Crippen molar-refractivity contribution in [3.05, 3.63) is 225 Å². The van der Waals surface area contributed by atoms with Gasteiger partial charge in [-0.25, -0.2) is 9.97 Å². The number of aromatic nitrogens is 5. The minimum atomic E-state index is 0.831. The first-order valence-electron chi connectivity index (χ1n) is 21.4. The summed E-state index contributed by atoms with van der Waals surface area (Å²) in [4.78, 5) is 11.1.